The highest BCUT2D eigenvalue weighted by Crippen LogP contribution is 2.14. The van der Waals surface area contributed by atoms with Crippen LogP contribution in [-0.2, 0) is 11.2 Å². The van der Waals surface area contributed by atoms with Crippen molar-refractivity contribution in [3.8, 4) is 0 Å². The second kappa shape index (κ2) is 5.00. The van der Waals surface area contributed by atoms with Crippen molar-refractivity contribution >= 4 is 6.01 Å². The molecule has 0 aliphatic carbocycles. The second-order valence-electron chi connectivity index (χ2n) is 3.39. The Morgan fingerprint density at radius 1 is 1.64 bits per heavy atom. The number of rotatable bonds is 5. The Kier molecular flexibility index (Phi) is 3.95. The van der Waals surface area contributed by atoms with Gasteiger partial charge in [-0.3, -0.25) is 0 Å². The van der Waals surface area contributed by atoms with E-state index in [1.807, 2.05) is 11.9 Å². The van der Waals surface area contributed by atoms with Gasteiger partial charge in [0.15, 0.2) is 0 Å². The molecule has 1 atom stereocenters. The Bertz CT molecular complexity index is 273. The highest BCUT2D eigenvalue weighted by Gasteiger charge is 2.14. The zero-order valence-corrected chi connectivity index (χ0v) is 9.28. The van der Waals surface area contributed by atoms with Crippen LogP contribution in [0.15, 0.2) is 10.7 Å². The van der Waals surface area contributed by atoms with E-state index in [2.05, 4.69) is 18.8 Å². The lowest BCUT2D eigenvalue weighted by atomic mass is 10.3. The Morgan fingerprint density at radius 2 is 2.36 bits per heavy atom. The molecule has 0 spiro atoms. The number of nitrogens with zero attached hydrogens (tertiary/aromatic N) is 2. The standard InChI is InChI=1S/C10H18N2O2/c1-5-9-7-14-10(11-9)12(3)8(2)6-13-4/h7-8H,5-6H2,1-4H3/t8-/m1/s1. The zero-order chi connectivity index (χ0) is 10.6. The minimum Gasteiger partial charge on any atom is -0.432 e. The number of likely N-dealkylation sites (N-methyl/N-ethyl adjacent to an activating group) is 1. The fraction of sp³-hybridized carbons (Fsp3) is 0.700. The Balaban J connectivity index is 2.63. The van der Waals surface area contributed by atoms with E-state index in [1.54, 1.807) is 13.4 Å². The first-order valence-electron chi connectivity index (χ1n) is 4.85. The van der Waals surface area contributed by atoms with Crippen molar-refractivity contribution in [3.05, 3.63) is 12.0 Å². The highest BCUT2D eigenvalue weighted by atomic mass is 16.5. The third-order valence-corrected chi connectivity index (χ3v) is 2.27. The van der Waals surface area contributed by atoms with E-state index in [-0.39, 0.29) is 6.04 Å². The van der Waals surface area contributed by atoms with Crippen LogP contribution in [-0.4, -0.2) is 31.8 Å². The molecule has 1 aromatic heterocycles. The summed E-state index contributed by atoms with van der Waals surface area (Å²) in [5, 5.41) is 0. The molecule has 0 radical (unpaired) electrons. The molecule has 0 unspecified atom stereocenters. The Labute approximate surface area is 84.9 Å². The van der Waals surface area contributed by atoms with Crippen molar-refractivity contribution in [1.82, 2.24) is 4.98 Å². The molecule has 0 aromatic carbocycles. The fourth-order valence-corrected chi connectivity index (χ4v) is 1.16. The summed E-state index contributed by atoms with van der Waals surface area (Å²) in [5.74, 6) is 0. The van der Waals surface area contributed by atoms with E-state index in [0.29, 0.717) is 12.6 Å². The first-order valence-corrected chi connectivity index (χ1v) is 4.85. The lowest BCUT2D eigenvalue weighted by Crippen LogP contribution is -2.32. The molecule has 0 saturated carbocycles. The van der Waals surface area contributed by atoms with Crippen molar-refractivity contribution in [1.29, 1.82) is 0 Å². The maximum Gasteiger partial charge on any atom is 0.297 e. The van der Waals surface area contributed by atoms with Gasteiger partial charge in [0.1, 0.15) is 6.26 Å². The first-order chi connectivity index (χ1) is 6.69. The molecule has 4 heteroatoms. The zero-order valence-electron chi connectivity index (χ0n) is 9.28. The second-order valence-corrected chi connectivity index (χ2v) is 3.39. The van der Waals surface area contributed by atoms with Gasteiger partial charge in [0, 0.05) is 14.2 Å². The summed E-state index contributed by atoms with van der Waals surface area (Å²) < 4.78 is 10.4. The van der Waals surface area contributed by atoms with Gasteiger partial charge in [-0.1, -0.05) is 6.92 Å². The largest absolute Gasteiger partial charge is 0.432 e. The van der Waals surface area contributed by atoms with Gasteiger partial charge in [-0.2, -0.15) is 4.98 Å². The molecular weight excluding hydrogens is 180 g/mol. The predicted molar refractivity (Wildman–Crippen MR) is 55.6 cm³/mol. The SMILES string of the molecule is CCc1coc(N(C)[C@H](C)COC)n1. The number of ether oxygens (including phenoxy) is 1. The number of anilines is 1. The lowest BCUT2D eigenvalue weighted by molar-refractivity contribution is 0.181. The summed E-state index contributed by atoms with van der Waals surface area (Å²) in [7, 11) is 3.65. The molecule has 1 heterocycles. The van der Waals surface area contributed by atoms with Crippen LogP contribution in [0.3, 0.4) is 0 Å². The van der Waals surface area contributed by atoms with Crippen LogP contribution in [0, 0.1) is 0 Å². The summed E-state index contributed by atoms with van der Waals surface area (Å²) >= 11 is 0. The van der Waals surface area contributed by atoms with Gasteiger partial charge in [-0.15, -0.1) is 0 Å². The quantitative estimate of drug-likeness (QED) is 0.722. The predicted octanol–water partition coefficient (Wildman–Crippen LogP) is 1.71. The minimum absolute atomic E-state index is 0.267. The summed E-state index contributed by atoms with van der Waals surface area (Å²) in [6, 6.07) is 0.926. The van der Waals surface area contributed by atoms with Gasteiger partial charge in [-0.25, -0.2) is 0 Å². The van der Waals surface area contributed by atoms with Crippen LogP contribution < -0.4 is 4.90 Å². The van der Waals surface area contributed by atoms with Crippen LogP contribution in [0.4, 0.5) is 6.01 Å². The summed E-state index contributed by atoms with van der Waals surface area (Å²) in [6.45, 7) is 4.79. The summed E-state index contributed by atoms with van der Waals surface area (Å²) in [5.41, 5.74) is 0.983. The first kappa shape index (κ1) is 11.0. The van der Waals surface area contributed by atoms with Gasteiger partial charge in [-0.05, 0) is 13.3 Å². The number of aryl methyl sites for hydroxylation is 1. The van der Waals surface area contributed by atoms with E-state index in [0.717, 1.165) is 12.1 Å². The van der Waals surface area contributed by atoms with Gasteiger partial charge in [0.05, 0.1) is 18.3 Å². The number of hydrogen-bond acceptors (Lipinski definition) is 4. The van der Waals surface area contributed by atoms with Crippen LogP contribution in [0.1, 0.15) is 19.5 Å². The van der Waals surface area contributed by atoms with E-state index in [9.17, 15) is 0 Å². The number of methoxy groups -OCH3 is 1. The molecule has 4 nitrogen and oxygen atoms in total. The van der Waals surface area contributed by atoms with Gasteiger partial charge < -0.3 is 14.1 Å². The van der Waals surface area contributed by atoms with Crippen LogP contribution in [0.5, 0.6) is 0 Å². The molecular formula is C10H18N2O2. The Morgan fingerprint density at radius 3 is 2.86 bits per heavy atom. The molecule has 80 valence electrons. The molecule has 0 N–H and O–H groups in total. The maximum absolute atomic E-state index is 5.34. The minimum atomic E-state index is 0.267. The normalized spacial score (nSPS) is 12.9. The van der Waals surface area contributed by atoms with Gasteiger partial charge in [0.2, 0.25) is 0 Å². The molecule has 0 aliphatic rings. The molecule has 1 rings (SSSR count). The number of oxazole rings is 1. The summed E-state index contributed by atoms with van der Waals surface area (Å²) in [4.78, 5) is 6.31. The number of hydrogen-bond donors (Lipinski definition) is 0. The monoisotopic (exact) mass is 198 g/mol. The van der Waals surface area contributed by atoms with Gasteiger partial charge >= 0.3 is 0 Å². The third kappa shape index (κ3) is 2.48. The van der Waals surface area contributed by atoms with Crippen molar-refractivity contribution in [3.63, 3.8) is 0 Å². The molecule has 0 amide bonds. The lowest BCUT2D eigenvalue weighted by Gasteiger charge is -2.21. The fourth-order valence-electron chi connectivity index (χ4n) is 1.16. The van der Waals surface area contributed by atoms with Crippen molar-refractivity contribution < 1.29 is 9.15 Å². The average Bonchev–Trinajstić information content (AvgIpc) is 2.65. The molecule has 0 fully saturated rings. The van der Waals surface area contributed by atoms with Crippen molar-refractivity contribution in [2.45, 2.75) is 26.3 Å². The molecule has 14 heavy (non-hydrogen) atoms. The van der Waals surface area contributed by atoms with E-state index >= 15 is 0 Å². The van der Waals surface area contributed by atoms with E-state index < -0.39 is 0 Å². The van der Waals surface area contributed by atoms with Crippen molar-refractivity contribution in [2.75, 3.05) is 25.7 Å². The van der Waals surface area contributed by atoms with Crippen LogP contribution in [0.25, 0.3) is 0 Å². The third-order valence-electron chi connectivity index (χ3n) is 2.27. The van der Waals surface area contributed by atoms with Crippen molar-refractivity contribution in [2.24, 2.45) is 0 Å². The Hall–Kier alpha value is -1.03. The van der Waals surface area contributed by atoms with E-state index in [1.165, 1.54) is 0 Å². The maximum atomic E-state index is 5.34. The number of aromatic nitrogens is 1. The molecule has 0 saturated heterocycles. The topological polar surface area (TPSA) is 38.5 Å². The molecule has 1 aromatic rings. The van der Waals surface area contributed by atoms with Gasteiger partial charge in [0.25, 0.3) is 6.01 Å². The summed E-state index contributed by atoms with van der Waals surface area (Å²) in [6.07, 6.45) is 2.60. The average molecular weight is 198 g/mol. The van der Waals surface area contributed by atoms with E-state index in [4.69, 9.17) is 9.15 Å². The highest BCUT2D eigenvalue weighted by molar-refractivity contribution is 5.26. The molecule has 0 bridgehead atoms. The van der Waals surface area contributed by atoms with Crippen LogP contribution in [0.2, 0.25) is 0 Å². The van der Waals surface area contributed by atoms with Crippen LogP contribution >= 0.6 is 0 Å². The molecule has 0 aliphatic heterocycles. The smallest absolute Gasteiger partial charge is 0.297 e.